The third-order valence-corrected chi connectivity index (χ3v) is 5.13. The molecule has 1 aromatic carbocycles. The number of nitrogens with zero attached hydrogens (tertiary/aromatic N) is 4. The molecule has 7 nitrogen and oxygen atoms in total. The van der Waals surface area contributed by atoms with E-state index in [9.17, 15) is 4.79 Å². The maximum absolute atomic E-state index is 12.3. The first-order valence-electron chi connectivity index (χ1n) is 8.41. The number of para-hydroxylation sites is 1. The van der Waals surface area contributed by atoms with Gasteiger partial charge in [-0.1, -0.05) is 36.9 Å². The van der Waals surface area contributed by atoms with E-state index in [-0.39, 0.29) is 5.91 Å². The van der Waals surface area contributed by atoms with Crippen molar-refractivity contribution in [2.75, 3.05) is 42.3 Å². The van der Waals surface area contributed by atoms with E-state index < -0.39 is 0 Å². The zero-order valence-electron chi connectivity index (χ0n) is 14.6. The minimum atomic E-state index is -0.0400. The van der Waals surface area contributed by atoms with Crippen molar-refractivity contribution in [1.29, 1.82) is 0 Å². The molecule has 0 unspecified atom stereocenters. The third kappa shape index (κ3) is 4.32. The molecule has 8 heteroatoms. The van der Waals surface area contributed by atoms with Gasteiger partial charge >= 0.3 is 0 Å². The van der Waals surface area contributed by atoms with E-state index in [0.29, 0.717) is 19.0 Å². The van der Waals surface area contributed by atoms with Crippen LogP contribution in [-0.4, -0.2) is 52.7 Å². The van der Waals surface area contributed by atoms with E-state index in [0.717, 1.165) is 41.9 Å². The molecule has 0 bridgehead atoms. The molecule has 1 aliphatic rings. The van der Waals surface area contributed by atoms with Crippen LogP contribution in [-0.2, 0) is 23.0 Å². The van der Waals surface area contributed by atoms with Crippen molar-refractivity contribution < 1.29 is 9.53 Å². The number of amides is 1. The van der Waals surface area contributed by atoms with E-state index >= 15 is 0 Å². The van der Waals surface area contributed by atoms with Crippen molar-refractivity contribution in [1.82, 2.24) is 14.8 Å². The second-order valence-electron chi connectivity index (χ2n) is 5.79. The minimum Gasteiger partial charge on any atom is -0.378 e. The molecule has 0 spiro atoms. The summed E-state index contributed by atoms with van der Waals surface area (Å²) in [6.45, 7) is 5.10. The predicted molar refractivity (Wildman–Crippen MR) is 99.2 cm³/mol. The van der Waals surface area contributed by atoms with Gasteiger partial charge in [-0.3, -0.25) is 9.36 Å². The molecule has 0 saturated carbocycles. The van der Waals surface area contributed by atoms with Gasteiger partial charge in [-0.05, 0) is 18.1 Å². The number of nitrogens with one attached hydrogen (secondary N) is 1. The Morgan fingerprint density at radius 3 is 2.80 bits per heavy atom. The highest BCUT2D eigenvalue weighted by Crippen LogP contribution is 2.22. The molecule has 2 heterocycles. The van der Waals surface area contributed by atoms with Crippen molar-refractivity contribution in [2.24, 2.45) is 7.05 Å². The molecule has 0 aliphatic carbocycles. The lowest BCUT2D eigenvalue weighted by atomic mass is 10.1. The standard InChI is InChI=1S/C17H23N5O2S/c1-3-13-6-4-5-7-14(13)18-15(23)12-25-17-20-19-16(21(17)2)22-8-10-24-11-9-22/h4-7H,3,8-12H2,1-2H3,(H,18,23). The van der Waals surface area contributed by atoms with Crippen molar-refractivity contribution in [3.8, 4) is 0 Å². The Morgan fingerprint density at radius 2 is 2.04 bits per heavy atom. The van der Waals surface area contributed by atoms with Crippen LogP contribution in [0.2, 0.25) is 0 Å². The molecule has 0 radical (unpaired) electrons. The lowest BCUT2D eigenvalue weighted by Gasteiger charge is -2.27. The fourth-order valence-corrected chi connectivity index (χ4v) is 3.44. The van der Waals surface area contributed by atoms with Gasteiger partial charge in [0.25, 0.3) is 0 Å². The number of rotatable bonds is 6. The monoisotopic (exact) mass is 361 g/mol. The zero-order chi connectivity index (χ0) is 17.6. The first kappa shape index (κ1) is 17.8. The molecule has 1 aromatic heterocycles. The number of aryl methyl sites for hydroxylation is 1. The summed E-state index contributed by atoms with van der Waals surface area (Å²) in [4.78, 5) is 14.4. The van der Waals surface area contributed by atoms with Crippen LogP contribution in [0.1, 0.15) is 12.5 Å². The molecule has 0 atom stereocenters. The molecular formula is C17H23N5O2S. The summed E-state index contributed by atoms with van der Waals surface area (Å²) < 4.78 is 7.30. The van der Waals surface area contributed by atoms with E-state index in [2.05, 4.69) is 27.3 Å². The molecule has 1 saturated heterocycles. The summed E-state index contributed by atoms with van der Waals surface area (Å²) >= 11 is 1.39. The lowest BCUT2D eigenvalue weighted by Crippen LogP contribution is -2.37. The number of ether oxygens (including phenoxy) is 1. The molecule has 25 heavy (non-hydrogen) atoms. The summed E-state index contributed by atoms with van der Waals surface area (Å²) in [7, 11) is 1.93. The van der Waals surface area contributed by atoms with Gasteiger partial charge in [0.05, 0.1) is 19.0 Å². The van der Waals surface area contributed by atoms with Crippen molar-refractivity contribution in [2.45, 2.75) is 18.5 Å². The highest BCUT2D eigenvalue weighted by molar-refractivity contribution is 7.99. The summed E-state index contributed by atoms with van der Waals surface area (Å²) in [5.41, 5.74) is 2.01. The number of anilines is 2. The van der Waals surface area contributed by atoms with Crippen molar-refractivity contribution in [3.05, 3.63) is 29.8 Å². The number of hydrogen-bond acceptors (Lipinski definition) is 6. The Bertz CT molecular complexity index is 728. The van der Waals surface area contributed by atoms with E-state index in [4.69, 9.17) is 4.74 Å². The van der Waals surface area contributed by atoms with Crippen molar-refractivity contribution in [3.63, 3.8) is 0 Å². The quantitative estimate of drug-likeness (QED) is 0.793. The van der Waals surface area contributed by atoms with Crippen LogP contribution in [0.5, 0.6) is 0 Å². The maximum atomic E-state index is 12.3. The molecule has 1 N–H and O–H groups in total. The highest BCUT2D eigenvalue weighted by Gasteiger charge is 2.19. The summed E-state index contributed by atoms with van der Waals surface area (Å²) in [6.07, 6.45) is 0.885. The first-order valence-corrected chi connectivity index (χ1v) is 9.40. The molecule has 3 rings (SSSR count). The number of aromatic nitrogens is 3. The molecule has 1 fully saturated rings. The van der Waals surface area contributed by atoms with E-state index in [1.807, 2.05) is 35.9 Å². The average Bonchev–Trinajstić information content (AvgIpc) is 3.02. The van der Waals surface area contributed by atoms with Gasteiger partial charge in [0.1, 0.15) is 0 Å². The van der Waals surface area contributed by atoms with Gasteiger partial charge in [0, 0.05) is 25.8 Å². The summed E-state index contributed by atoms with van der Waals surface area (Å²) in [6, 6.07) is 7.87. The molecular weight excluding hydrogens is 338 g/mol. The van der Waals surface area contributed by atoms with Gasteiger partial charge in [-0.2, -0.15) is 0 Å². The van der Waals surface area contributed by atoms with Crippen LogP contribution in [0.25, 0.3) is 0 Å². The van der Waals surface area contributed by atoms with E-state index in [1.54, 1.807) is 0 Å². The predicted octanol–water partition coefficient (Wildman–Crippen LogP) is 1.94. The topological polar surface area (TPSA) is 72.3 Å². The summed E-state index contributed by atoms with van der Waals surface area (Å²) in [5, 5.41) is 12.2. The highest BCUT2D eigenvalue weighted by atomic mass is 32.2. The normalized spacial score (nSPS) is 14.6. The molecule has 1 amide bonds. The number of carbonyl (C=O) groups is 1. The Balaban J connectivity index is 1.58. The molecule has 134 valence electrons. The number of thioether (sulfide) groups is 1. The van der Waals surface area contributed by atoms with Crippen LogP contribution in [0.3, 0.4) is 0 Å². The zero-order valence-corrected chi connectivity index (χ0v) is 15.4. The molecule has 1 aliphatic heterocycles. The Kier molecular flexibility index (Phi) is 5.93. The number of morpholine rings is 1. The Morgan fingerprint density at radius 1 is 1.28 bits per heavy atom. The molecule has 2 aromatic rings. The Hall–Kier alpha value is -2.06. The van der Waals surface area contributed by atoms with Gasteiger partial charge in [-0.15, -0.1) is 10.2 Å². The second-order valence-corrected chi connectivity index (χ2v) is 6.73. The number of carbonyl (C=O) groups excluding carboxylic acids is 1. The second kappa shape index (κ2) is 8.35. The minimum absolute atomic E-state index is 0.0400. The van der Waals surface area contributed by atoms with Crippen molar-refractivity contribution >= 4 is 29.3 Å². The van der Waals surface area contributed by atoms with Gasteiger partial charge < -0.3 is 15.0 Å². The van der Waals surface area contributed by atoms with Crippen LogP contribution < -0.4 is 10.2 Å². The fraction of sp³-hybridized carbons (Fsp3) is 0.471. The van der Waals surface area contributed by atoms with Gasteiger partial charge in [0.15, 0.2) is 5.16 Å². The van der Waals surface area contributed by atoms with Crippen LogP contribution in [0.15, 0.2) is 29.4 Å². The summed E-state index contributed by atoms with van der Waals surface area (Å²) in [5.74, 6) is 1.08. The third-order valence-electron chi connectivity index (χ3n) is 4.11. The first-order chi connectivity index (χ1) is 12.2. The Labute approximate surface area is 151 Å². The van der Waals surface area contributed by atoms with Crippen LogP contribution >= 0.6 is 11.8 Å². The fourth-order valence-electron chi connectivity index (χ4n) is 2.74. The van der Waals surface area contributed by atoms with Gasteiger partial charge in [0.2, 0.25) is 11.9 Å². The van der Waals surface area contributed by atoms with Crippen LogP contribution in [0.4, 0.5) is 11.6 Å². The number of benzene rings is 1. The van der Waals surface area contributed by atoms with Gasteiger partial charge in [-0.25, -0.2) is 0 Å². The smallest absolute Gasteiger partial charge is 0.234 e. The largest absolute Gasteiger partial charge is 0.378 e. The van der Waals surface area contributed by atoms with Crippen LogP contribution in [0, 0.1) is 0 Å². The average molecular weight is 361 g/mol. The number of hydrogen-bond donors (Lipinski definition) is 1. The lowest BCUT2D eigenvalue weighted by molar-refractivity contribution is -0.113. The maximum Gasteiger partial charge on any atom is 0.234 e. The SMILES string of the molecule is CCc1ccccc1NC(=O)CSc1nnc(N2CCOCC2)n1C. The van der Waals surface area contributed by atoms with E-state index in [1.165, 1.54) is 11.8 Å².